The van der Waals surface area contributed by atoms with Crippen molar-refractivity contribution in [3.63, 3.8) is 0 Å². The van der Waals surface area contributed by atoms with Crippen molar-refractivity contribution in [2.75, 3.05) is 17.8 Å². The third-order valence-corrected chi connectivity index (χ3v) is 5.83. The smallest absolute Gasteiger partial charge is 0.416 e. The summed E-state index contributed by atoms with van der Waals surface area (Å²) in [7, 11) is 0. The number of ether oxygens (including phenoxy) is 1. The summed E-state index contributed by atoms with van der Waals surface area (Å²) in [5, 5.41) is 0. The van der Waals surface area contributed by atoms with E-state index in [4.69, 9.17) is 4.74 Å². The quantitative estimate of drug-likeness (QED) is 0.532. The number of carbonyl (C=O) groups excluding carboxylic acids is 2. The van der Waals surface area contributed by atoms with Crippen LogP contribution in [0.5, 0.6) is 0 Å². The van der Waals surface area contributed by atoms with Crippen LogP contribution < -0.4 is 4.90 Å². The van der Waals surface area contributed by atoms with E-state index in [1.165, 1.54) is 17.0 Å². The maximum atomic E-state index is 12.9. The van der Waals surface area contributed by atoms with Gasteiger partial charge in [0.25, 0.3) is 0 Å². The normalized spacial score (nSPS) is 19.4. The third kappa shape index (κ3) is 3.53. The first kappa shape index (κ1) is 19.6. The molecule has 2 aromatic rings. The number of cyclic esters (lactones) is 1. The molecule has 4 rings (SSSR count). The molecule has 0 aliphatic carbocycles. The topological polar surface area (TPSA) is 46.6 Å². The molecule has 0 radical (unpaired) electrons. The van der Waals surface area contributed by atoms with Crippen molar-refractivity contribution in [2.45, 2.75) is 23.4 Å². The monoisotopic (exact) mass is 419 g/mol. The Morgan fingerprint density at radius 3 is 2.28 bits per heavy atom. The zero-order valence-corrected chi connectivity index (χ0v) is 16.1. The van der Waals surface area contributed by atoms with Crippen LogP contribution in [0.25, 0.3) is 0 Å². The predicted molar refractivity (Wildman–Crippen MR) is 102 cm³/mol. The van der Waals surface area contributed by atoms with E-state index >= 15 is 0 Å². The van der Waals surface area contributed by atoms with Crippen molar-refractivity contribution in [3.8, 4) is 0 Å². The molecule has 0 N–H and O–H groups in total. The molecule has 29 heavy (non-hydrogen) atoms. The average Bonchev–Trinajstić information content (AvgIpc) is 3.08. The minimum atomic E-state index is -4.46. The molecule has 0 bridgehead atoms. The van der Waals surface area contributed by atoms with Gasteiger partial charge >= 0.3 is 12.1 Å². The van der Waals surface area contributed by atoms with E-state index in [2.05, 4.69) is 0 Å². The summed E-state index contributed by atoms with van der Waals surface area (Å²) >= 11 is 1.59. The molecule has 150 valence electrons. The Balaban J connectivity index is 1.74. The minimum absolute atomic E-state index is 0.0353. The van der Waals surface area contributed by atoms with Crippen LogP contribution in [-0.4, -0.2) is 24.7 Å². The van der Waals surface area contributed by atoms with Crippen LogP contribution in [0.2, 0.25) is 0 Å². The summed E-state index contributed by atoms with van der Waals surface area (Å²) < 4.78 is 43.7. The molecule has 0 spiro atoms. The van der Waals surface area contributed by atoms with Crippen LogP contribution in [0.15, 0.2) is 64.7 Å². The molecule has 1 amide bonds. The lowest BCUT2D eigenvalue weighted by molar-refractivity contribution is -0.138. The second-order valence-electron chi connectivity index (χ2n) is 6.74. The molecule has 1 atom stereocenters. The molecule has 2 aliphatic rings. The number of carbonyl (C=O) groups is 2. The number of anilines is 1. The van der Waals surface area contributed by atoms with Gasteiger partial charge in [-0.05, 0) is 48.2 Å². The molecule has 0 saturated carbocycles. The van der Waals surface area contributed by atoms with Gasteiger partial charge in [0.2, 0.25) is 5.91 Å². The van der Waals surface area contributed by atoms with Crippen LogP contribution in [0, 0.1) is 0 Å². The van der Waals surface area contributed by atoms with E-state index < -0.39 is 23.6 Å². The molecule has 0 saturated heterocycles. The summed E-state index contributed by atoms with van der Waals surface area (Å²) in [6.45, 7) is -0.0830. The second kappa shape index (κ2) is 7.26. The second-order valence-corrected chi connectivity index (χ2v) is 7.62. The van der Waals surface area contributed by atoms with Crippen molar-refractivity contribution >= 4 is 29.3 Å². The average molecular weight is 419 g/mol. The molecule has 1 unspecified atom stereocenters. The Labute approximate surface area is 169 Å². The number of esters is 1. The highest BCUT2D eigenvalue weighted by Crippen LogP contribution is 2.42. The fourth-order valence-electron chi connectivity index (χ4n) is 3.67. The highest BCUT2D eigenvalue weighted by Gasteiger charge is 2.43. The number of alkyl halides is 3. The first-order valence-electron chi connectivity index (χ1n) is 8.84. The summed E-state index contributed by atoms with van der Waals surface area (Å²) in [6.07, 6.45) is -2.47. The zero-order valence-electron chi connectivity index (χ0n) is 15.3. The highest BCUT2D eigenvalue weighted by atomic mass is 32.2. The molecule has 0 aromatic heterocycles. The zero-order chi connectivity index (χ0) is 20.8. The lowest BCUT2D eigenvalue weighted by Crippen LogP contribution is -2.37. The van der Waals surface area contributed by atoms with E-state index in [0.717, 1.165) is 22.6 Å². The number of nitrogens with zero attached hydrogens (tertiary/aromatic N) is 1. The number of hydrogen-bond acceptors (Lipinski definition) is 4. The Bertz CT molecular complexity index is 997. The number of hydrogen-bond donors (Lipinski definition) is 0. The van der Waals surface area contributed by atoms with Gasteiger partial charge in [-0.15, -0.1) is 11.8 Å². The lowest BCUT2D eigenvalue weighted by atomic mass is 9.84. The van der Waals surface area contributed by atoms with Crippen molar-refractivity contribution in [1.29, 1.82) is 0 Å². The lowest BCUT2D eigenvalue weighted by Gasteiger charge is -2.32. The van der Waals surface area contributed by atoms with Gasteiger partial charge in [0.1, 0.15) is 6.61 Å². The third-order valence-electron chi connectivity index (χ3n) is 5.09. The van der Waals surface area contributed by atoms with E-state index in [-0.39, 0.29) is 24.6 Å². The fraction of sp³-hybridized carbons (Fsp3) is 0.238. The Hall–Kier alpha value is -2.74. The number of thioether (sulfide) groups is 1. The predicted octanol–water partition coefficient (Wildman–Crippen LogP) is 4.76. The minimum Gasteiger partial charge on any atom is -0.456 e. The van der Waals surface area contributed by atoms with Gasteiger partial charge in [0.05, 0.1) is 16.8 Å². The van der Waals surface area contributed by atoms with Gasteiger partial charge in [0.15, 0.2) is 0 Å². The maximum Gasteiger partial charge on any atom is 0.416 e. The molecule has 2 aliphatic heterocycles. The van der Waals surface area contributed by atoms with Gasteiger partial charge in [0, 0.05) is 22.9 Å². The van der Waals surface area contributed by atoms with Crippen molar-refractivity contribution < 1.29 is 27.5 Å². The summed E-state index contributed by atoms with van der Waals surface area (Å²) in [4.78, 5) is 27.7. The SMILES string of the molecule is CSc1ccc(C2CC(=O)N(c3ccc(C(F)(F)F)cc3)C3=C2C(=O)OC3)cc1. The van der Waals surface area contributed by atoms with Crippen LogP contribution in [0.1, 0.15) is 23.5 Å². The van der Waals surface area contributed by atoms with Crippen LogP contribution >= 0.6 is 11.8 Å². The molecular weight excluding hydrogens is 403 g/mol. The number of benzene rings is 2. The van der Waals surface area contributed by atoms with E-state index in [1.54, 1.807) is 11.8 Å². The molecular formula is C21H16F3NO3S. The molecule has 0 fully saturated rings. The van der Waals surface area contributed by atoms with Crippen LogP contribution in [0.4, 0.5) is 18.9 Å². The number of rotatable bonds is 3. The Kier molecular flexibility index (Phi) is 4.90. The van der Waals surface area contributed by atoms with E-state index in [0.29, 0.717) is 11.3 Å². The van der Waals surface area contributed by atoms with Gasteiger partial charge < -0.3 is 4.74 Å². The molecule has 2 heterocycles. The summed E-state index contributed by atoms with van der Waals surface area (Å²) in [6, 6.07) is 11.9. The Morgan fingerprint density at radius 1 is 1.03 bits per heavy atom. The van der Waals surface area contributed by atoms with Crippen molar-refractivity contribution in [2.24, 2.45) is 0 Å². The molecule has 8 heteroatoms. The van der Waals surface area contributed by atoms with E-state index in [9.17, 15) is 22.8 Å². The van der Waals surface area contributed by atoms with Crippen LogP contribution in [0.3, 0.4) is 0 Å². The number of amides is 1. The van der Waals surface area contributed by atoms with E-state index in [1.807, 2.05) is 30.5 Å². The summed E-state index contributed by atoms with van der Waals surface area (Å²) in [5.74, 6) is -1.22. The summed E-state index contributed by atoms with van der Waals surface area (Å²) in [5.41, 5.74) is 1.09. The van der Waals surface area contributed by atoms with Crippen molar-refractivity contribution in [1.82, 2.24) is 0 Å². The number of halogens is 3. The van der Waals surface area contributed by atoms with Gasteiger partial charge in [-0.2, -0.15) is 13.2 Å². The van der Waals surface area contributed by atoms with Gasteiger partial charge in [-0.25, -0.2) is 4.79 Å². The Morgan fingerprint density at radius 2 is 1.69 bits per heavy atom. The maximum absolute atomic E-state index is 12.9. The van der Waals surface area contributed by atoms with Crippen LogP contribution in [-0.2, 0) is 20.5 Å². The fourth-order valence-corrected chi connectivity index (χ4v) is 4.08. The van der Waals surface area contributed by atoms with Crippen molar-refractivity contribution in [3.05, 3.63) is 70.9 Å². The largest absolute Gasteiger partial charge is 0.456 e. The van der Waals surface area contributed by atoms with Gasteiger partial charge in [-0.3, -0.25) is 9.69 Å². The highest BCUT2D eigenvalue weighted by molar-refractivity contribution is 7.98. The first-order chi connectivity index (χ1) is 13.8. The van der Waals surface area contributed by atoms with Gasteiger partial charge in [-0.1, -0.05) is 12.1 Å². The standard InChI is InChI=1S/C21H16F3NO3S/c1-29-15-8-2-12(3-9-15)16-10-18(26)25(17-11-28-20(27)19(16)17)14-6-4-13(5-7-14)21(22,23)24/h2-9,16H,10-11H2,1H3. The first-order valence-corrected chi connectivity index (χ1v) is 10.1. The molecule has 2 aromatic carbocycles. The molecule has 4 nitrogen and oxygen atoms in total.